The van der Waals surface area contributed by atoms with Crippen LogP contribution in [-0.4, -0.2) is 67.5 Å². The second-order valence-electron chi connectivity index (χ2n) is 9.97. The van der Waals surface area contributed by atoms with Crippen molar-refractivity contribution < 1.29 is 14.3 Å². The van der Waals surface area contributed by atoms with Gasteiger partial charge in [-0.2, -0.15) is 0 Å². The van der Waals surface area contributed by atoms with E-state index in [4.69, 9.17) is 4.74 Å². The van der Waals surface area contributed by atoms with E-state index < -0.39 is 0 Å². The number of carbonyl (C=O) groups is 2. The van der Waals surface area contributed by atoms with E-state index in [-0.39, 0.29) is 11.8 Å². The normalized spacial score (nSPS) is 13.4. The highest BCUT2D eigenvalue weighted by Gasteiger charge is 2.24. The van der Waals surface area contributed by atoms with Crippen molar-refractivity contribution in [1.82, 2.24) is 9.80 Å². The van der Waals surface area contributed by atoms with Crippen molar-refractivity contribution in [3.8, 4) is 16.9 Å². The van der Waals surface area contributed by atoms with Crippen molar-refractivity contribution in [1.29, 1.82) is 0 Å². The monoisotopic (exact) mass is 535 g/mol. The van der Waals surface area contributed by atoms with Gasteiger partial charge in [0.15, 0.2) is 0 Å². The second-order valence-corrected chi connectivity index (χ2v) is 9.97. The van der Waals surface area contributed by atoms with Crippen LogP contribution in [0.25, 0.3) is 21.9 Å². The van der Waals surface area contributed by atoms with Crippen LogP contribution in [0.4, 0.5) is 5.69 Å². The molecular formula is C34H37N3O3. The van der Waals surface area contributed by atoms with E-state index in [1.165, 1.54) is 0 Å². The summed E-state index contributed by atoms with van der Waals surface area (Å²) in [6.07, 6.45) is 0. The zero-order chi connectivity index (χ0) is 28.1. The van der Waals surface area contributed by atoms with Crippen molar-refractivity contribution in [3.05, 3.63) is 96.1 Å². The molecule has 2 amide bonds. The van der Waals surface area contributed by atoms with Gasteiger partial charge in [-0.05, 0) is 85.1 Å². The molecule has 1 aliphatic rings. The number of amides is 2. The Labute approximate surface area is 236 Å². The summed E-state index contributed by atoms with van der Waals surface area (Å²) < 4.78 is 5.72. The first-order valence-electron chi connectivity index (χ1n) is 14.2. The number of ether oxygens (including phenoxy) is 1. The van der Waals surface area contributed by atoms with E-state index in [1.54, 1.807) is 0 Å². The maximum absolute atomic E-state index is 13.7. The summed E-state index contributed by atoms with van der Waals surface area (Å²) in [6, 6.07) is 28.1. The summed E-state index contributed by atoms with van der Waals surface area (Å²) in [6.45, 7) is 10.8. The molecular weight excluding hydrogens is 498 g/mol. The van der Waals surface area contributed by atoms with Gasteiger partial charge in [0.05, 0.1) is 6.61 Å². The second kappa shape index (κ2) is 12.2. The van der Waals surface area contributed by atoms with Gasteiger partial charge in [-0.3, -0.25) is 9.59 Å². The highest BCUT2D eigenvalue weighted by atomic mass is 16.5. The SMILES string of the molecule is CCOc1cccc(-c2ccc(C(=O)N3CCN(c4ccc(C(=O)N(CC)CC)cc4)CC3)c3ccccc23)c1. The third-order valence-electron chi connectivity index (χ3n) is 7.71. The summed E-state index contributed by atoms with van der Waals surface area (Å²) in [5.74, 6) is 0.963. The zero-order valence-electron chi connectivity index (χ0n) is 23.6. The Morgan fingerprint density at radius 2 is 1.48 bits per heavy atom. The smallest absolute Gasteiger partial charge is 0.254 e. The number of piperazine rings is 1. The Balaban J connectivity index is 1.31. The van der Waals surface area contributed by atoms with Crippen LogP contribution in [0.2, 0.25) is 0 Å². The van der Waals surface area contributed by atoms with Crippen molar-refractivity contribution in [2.24, 2.45) is 0 Å². The lowest BCUT2D eigenvalue weighted by molar-refractivity contribution is 0.0746. The third-order valence-corrected chi connectivity index (χ3v) is 7.71. The molecule has 4 aromatic carbocycles. The van der Waals surface area contributed by atoms with E-state index in [0.29, 0.717) is 38.3 Å². The largest absolute Gasteiger partial charge is 0.494 e. The van der Waals surface area contributed by atoms with Crippen LogP contribution in [0.5, 0.6) is 5.75 Å². The number of rotatable bonds is 8. The number of fused-ring (bicyclic) bond motifs is 1. The van der Waals surface area contributed by atoms with Gasteiger partial charge in [-0.15, -0.1) is 0 Å². The summed E-state index contributed by atoms with van der Waals surface area (Å²) in [5.41, 5.74) is 4.67. The fraction of sp³-hybridized carbons (Fsp3) is 0.294. The first kappa shape index (κ1) is 27.3. The minimum Gasteiger partial charge on any atom is -0.494 e. The highest BCUT2D eigenvalue weighted by Crippen LogP contribution is 2.33. The van der Waals surface area contributed by atoms with E-state index in [2.05, 4.69) is 29.2 Å². The topological polar surface area (TPSA) is 53.1 Å². The van der Waals surface area contributed by atoms with Gasteiger partial charge in [0.1, 0.15) is 5.75 Å². The Hall–Kier alpha value is -4.32. The molecule has 0 spiro atoms. The van der Waals surface area contributed by atoms with Gasteiger partial charge in [-0.25, -0.2) is 0 Å². The van der Waals surface area contributed by atoms with E-state index in [9.17, 15) is 9.59 Å². The first-order valence-corrected chi connectivity index (χ1v) is 14.2. The van der Waals surface area contributed by atoms with Crippen LogP contribution in [0.3, 0.4) is 0 Å². The fourth-order valence-electron chi connectivity index (χ4n) is 5.50. The minimum atomic E-state index is 0.0608. The van der Waals surface area contributed by atoms with Crippen LogP contribution in [-0.2, 0) is 0 Å². The van der Waals surface area contributed by atoms with Crippen molar-refractivity contribution >= 4 is 28.3 Å². The van der Waals surface area contributed by atoms with Crippen molar-refractivity contribution in [2.45, 2.75) is 20.8 Å². The lowest BCUT2D eigenvalue weighted by Gasteiger charge is -2.36. The highest BCUT2D eigenvalue weighted by molar-refractivity contribution is 6.11. The minimum absolute atomic E-state index is 0.0608. The lowest BCUT2D eigenvalue weighted by Crippen LogP contribution is -2.48. The molecule has 1 aliphatic heterocycles. The van der Waals surface area contributed by atoms with Crippen LogP contribution in [0.15, 0.2) is 84.9 Å². The van der Waals surface area contributed by atoms with Crippen LogP contribution >= 0.6 is 0 Å². The molecule has 40 heavy (non-hydrogen) atoms. The number of benzene rings is 4. The Morgan fingerprint density at radius 3 is 2.15 bits per heavy atom. The van der Waals surface area contributed by atoms with Gasteiger partial charge in [0.25, 0.3) is 11.8 Å². The molecule has 5 rings (SSSR count). The van der Waals surface area contributed by atoms with Gasteiger partial charge in [-0.1, -0.05) is 42.5 Å². The zero-order valence-corrected chi connectivity index (χ0v) is 23.6. The molecule has 0 saturated carbocycles. The predicted octanol–water partition coefficient (Wildman–Crippen LogP) is 6.35. The third kappa shape index (κ3) is 5.53. The standard InChI is InChI=1S/C34H37N3O3/c1-4-35(5-2)33(38)25-14-16-27(17-15-25)36-20-22-37(23-21-36)34(39)32-19-18-29(30-12-7-8-13-31(30)32)26-10-9-11-28(24-26)40-6-3/h7-19,24H,4-6,20-23H2,1-3H3. The molecule has 1 fully saturated rings. The molecule has 206 valence electrons. The average Bonchev–Trinajstić information content (AvgIpc) is 3.01. The average molecular weight is 536 g/mol. The summed E-state index contributed by atoms with van der Waals surface area (Å²) >= 11 is 0. The molecule has 1 heterocycles. The predicted molar refractivity (Wildman–Crippen MR) is 162 cm³/mol. The summed E-state index contributed by atoms with van der Waals surface area (Å²) in [7, 11) is 0. The number of nitrogens with zero attached hydrogens (tertiary/aromatic N) is 3. The maximum atomic E-state index is 13.7. The molecule has 0 radical (unpaired) electrons. The van der Waals surface area contributed by atoms with E-state index in [0.717, 1.165) is 52.0 Å². The molecule has 6 nitrogen and oxygen atoms in total. The van der Waals surface area contributed by atoms with Gasteiger partial charge in [0.2, 0.25) is 0 Å². The van der Waals surface area contributed by atoms with Gasteiger partial charge < -0.3 is 19.4 Å². The molecule has 0 atom stereocenters. The molecule has 0 unspecified atom stereocenters. The number of anilines is 1. The molecule has 0 aliphatic carbocycles. The first-order chi connectivity index (χ1) is 19.5. The lowest BCUT2D eigenvalue weighted by atomic mass is 9.94. The van der Waals surface area contributed by atoms with Gasteiger partial charge >= 0.3 is 0 Å². The molecule has 1 saturated heterocycles. The molecule has 0 N–H and O–H groups in total. The van der Waals surface area contributed by atoms with E-state index >= 15 is 0 Å². The Kier molecular flexibility index (Phi) is 8.34. The Bertz CT molecular complexity index is 1490. The van der Waals surface area contributed by atoms with Crippen LogP contribution in [0.1, 0.15) is 41.5 Å². The van der Waals surface area contributed by atoms with Crippen LogP contribution in [0, 0.1) is 0 Å². The molecule has 0 aromatic heterocycles. The molecule has 0 bridgehead atoms. The summed E-state index contributed by atoms with van der Waals surface area (Å²) in [4.78, 5) is 32.4. The van der Waals surface area contributed by atoms with Crippen LogP contribution < -0.4 is 9.64 Å². The number of carbonyl (C=O) groups excluding carboxylic acids is 2. The molecule has 4 aromatic rings. The van der Waals surface area contributed by atoms with Crippen molar-refractivity contribution in [3.63, 3.8) is 0 Å². The number of hydrogen-bond acceptors (Lipinski definition) is 4. The number of hydrogen-bond donors (Lipinski definition) is 0. The van der Waals surface area contributed by atoms with Crippen molar-refractivity contribution in [2.75, 3.05) is 50.8 Å². The van der Waals surface area contributed by atoms with Gasteiger partial charge in [0, 0.05) is 56.1 Å². The molecule has 6 heteroatoms. The maximum Gasteiger partial charge on any atom is 0.254 e. The fourth-order valence-corrected chi connectivity index (χ4v) is 5.50. The summed E-state index contributed by atoms with van der Waals surface area (Å²) in [5, 5.41) is 2.02. The van der Waals surface area contributed by atoms with E-state index in [1.807, 2.05) is 91.2 Å². The quantitative estimate of drug-likeness (QED) is 0.264. The Morgan fingerprint density at radius 1 is 0.775 bits per heavy atom.